The monoisotopic (exact) mass is 134 g/mol. The summed E-state index contributed by atoms with van der Waals surface area (Å²) in [7, 11) is 0. The number of hydrogen-bond donors (Lipinski definition) is 0. The molecule has 0 saturated heterocycles. The van der Waals surface area contributed by atoms with Gasteiger partial charge in [-0.1, -0.05) is 42.4 Å². The van der Waals surface area contributed by atoms with Gasteiger partial charge < -0.3 is 0 Å². The Balaban J connectivity index is 2.69. The van der Waals surface area contributed by atoms with Gasteiger partial charge in [0.15, 0.2) is 0 Å². The molecule has 0 heteroatoms. The maximum atomic E-state index is 2.28. The SMILES string of the molecule is CCC1=CCC=C(C)C=C1. The Bertz CT molecular complexity index is 192. The van der Waals surface area contributed by atoms with Crippen molar-refractivity contribution in [3.05, 3.63) is 35.5 Å². The Morgan fingerprint density at radius 2 is 2.10 bits per heavy atom. The van der Waals surface area contributed by atoms with E-state index in [1.54, 1.807) is 0 Å². The van der Waals surface area contributed by atoms with E-state index in [-0.39, 0.29) is 0 Å². The summed E-state index contributed by atoms with van der Waals surface area (Å²) in [5.74, 6) is 0. The zero-order valence-corrected chi connectivity index (χ0v) is 6.72. The predicted molar refractivity (Wildman–Crippen MR) is 45.9 cm³/mol. The van der Waals surface area contributed by atoms with Crippen molar-refractivity contribution in [2.75, 3.05) is 0 Å². The van der Waals surface area contributed by atoms with Crippen LogP contribution in [-0.4, -0.2) is 0 Å². The lowest BCUT2D eigenvalue weighted by Gasteiger charge is -1.91. The predicted octanol–water partition coefficient (Wildman–Crippen LogP) is 3.23. The zero-order chi connectivity index (χ0) is 7.40. The fourth-order valence-corrected chi connectivity index (χ4v) is 1.03. The first-order valence-corrected chi connectivity index (χ1v) is 3.87. The summed E-state index contributed by atoms with van der Waals surface area (Å²) < 4.78 is 0. The minimum absolute atomic E-state index is 1.10. The Morgan fingerprint density at radius 3 is 2.80 bits per heavy atom. The molecule has 0 aromatic heterocycles. The second-order valence-electron chi connectivity index (χ2n) is 2.65. The van der Waals surface area contributed by atoms with Crippen LogP contribution in [0.1, 0.15) is 26.7 Å². The van der Waals surface area contributed by atoms with Crippen LogP contribution in [0.2, 0.25) is 0 Å². The first kappa shape index (κ1) is 7.33. The molecule has 1 aliphatic carbocycles. The molecule has 0 amide bonds. The molecular formula is C10H14. The van der Waals surface area contributed by atoms with Gasteiger partial charge in [-0.2, -0.15) is 0 Å². The van der Waals surface area contributed by atoms with E-state index in [2.05, 4.69) is 38.2 Å². The van der Waals surface area contributed by atoms with Crippen molar-refractivity contribution in [3.8, 4) is 0 Å². The molecule has 0 spiro atoms. The number of hydrogen-bond acceptors (Lipinski definition) is 0. The first-order chi connectivity index (χ1) is 4.83. The Labute approximate surface area is 62.9 Å². The van der Waals surface area contributed by atoms with E-state index in [9.17, 15) is 0 Å². The van der Waals surface area contributed by atoms with Gasteiger partial charge in [-0.25, -0.2) is 0 Å². The van der Waals surface area contributed by atoms with E-state index in [4.69, 9.17) is 0 Å². The highest BCUT2D eigenvalue weighted by Crippen LogP contribution is 2.11. The normalized spacial score (nSPS) is 17.8. The van der Waals surface area contributed by atoms with Gasteiger partial charge in [0, 0.05) is 0 Å². The lowest BCUT2D eigenvalue weighted by Crippen LogP contribution is -1.70. The molecule has 1 aliphatic rings. The molecule has 0 fully saturated rings. The molecule has 0 aromatic carbocycles. The van der Waals surface area contributed by atoms with Crippen molar-refractivity contribution >= 4 is 0 Å². The molecule has 1 rings (SSSR count). The summed E-state index contributed by atoms with van der Waals surface area (Å²) in [6.07, 6.45) is 11.2. The van der Waals surface area contributed by atoms with Crippen LogP contribution in [0.4, 0.5) is 0 Å². The van der Waals surface area contributed by atoms with Gasteiger partial charge in [0.05, 0.1) is 0 Å². The molecule has 0 bridgehead atoms. The standard InChI is InChI=1S/C10H14/c1-3-10-6-4-5-9(2)7-8-10/h5-8H,3-4H2,1-2H3. The van der Waals surface area contributed by atoms with Crippen LogP contribution in [0.15, 0.2) is 35.5 Å². The van der Waals surface area contributed by atoms with E-state index < -0.39 is 0 Å². The fraction of sp³-hybridized carbons (Fsp3) is 0.400. The molecule has 0 aromatic rings. The molecule has 10 heavy (non-hydrogen) atoms. The van der Waals surface area contributed by atoms with Gasteiger partial charge in [-0.3, -0.25) is 0 Å². The summed E-state index contributed by atoms with van der Waals surface area (Å²) >= 11 is 0. The van der Waals surface area contributed by atoms with Crippen molar-refractivity contribution in [1.82, 2.24) is 0 Å². The van der Waals surface area contributed by atoms with Gasteiger partial charge >= 0.3 is 0 Å². The van der Waals surface area contributed by atoms with Gasteiger partial charge in [-0.05, 0) is 19.8 Å². The second-order valence-corrected chi connectivity index (χ2v) is 2.65. The third-order valence-corrected chi connectivity index (χ3v) is 1.79. The summed E-state index contributed by atoms with van der Waals surface area (Å²) in [6, 6.07) is 0. The Morgan fingerprint density at radius 1 is 1.30 bits per heavy atom. The van der Waals surface area contributed by atoms with Crippen LogP contribution in [0.5, 0.6) is 0 Å². The minimum atomic E-state index is 1.10. The molecule has 0 heterocycles. The zero-order valence-electron chi connectivity index (χ0n) is 6.72. The van der Waals surface area contributed by atoms with E-state index in [1.165, 1.54) is 11.1 Å². The number of rotatable bonds is 1. The summed E-state index contributed by atoms with van der Waals surface area (Å²) in [4.78, 5) is 0. The lowest BCUT2D eigenvalue weighted by atomic mass is 10.2. The molecule has 0 N–H and O–H groups in total. The van der Waals surface area contributed by atoms with Crippen molar-refractivity contribution < 1.29 is 0 Å². The second kappa shape index (κ2) is 3.40. The molecular weight excluding hydrogens is 120 g/mol. The van der Waals surface area contributed by atoms with Gasteiger partial charge in [0.1, 0.15) is 0 Å². The molecule has 54 valence electrons. The largest absolute Gasteiger partial charge is 0.0778 e. The topological polar surface area (TPSA) is 0 Å². The average molecular weight is 134 g/mol. The van der Waals surface area contributed by atoms with Crippen LogP contribution in [-0.2, 0) is 0 Å². The fourth-order valence-electron chi connectivity index (χ4n) is 1.03. The minimum Gasteiger partial charge on any atom is -0.0778 e. The highest BCUT2D eigenvalue weighted by Gasteiger charge is 1.91. The maximum Gasteiger partial charge on any atom is -0.0158 e. The van der Waals surface area contributed by atoms with Gasteiger partial charge in [0.2, 0.25) is 0 Å². The molecule has 0 nitrogen and oxygen atoms in total. The van der Waals surface area contributed by atoms with E-state index >= 15 is 0 Å². The lowest BCUT2D eigenvalue weighted by molar-refractivity contribution is 1.13. The average Bonchev–Trinajstić information content (AvgIpc) is 2.14. The van der Waals surface area contributed by atoms with Crippen molar-refractivity contribution in [1.29, 1.82) is 0 Å². The quantitative estimate of drug-likeness (QED) is 0.516. The summed E-state index contributed by atoms with van der Waals surface area (Å²) in [5, 5.41) is 0. The molecule has 0 radical (unpaired) electrons. The smallest absolute Gasteiger partial charge is 0.0158 e. The van der Waals surface area contributed by atoms with E-state index in [0.29, 0.717) is 0 Å². The summed E-state index contributed by atoms with van der Waals surface area (Å²) in [5.41, 5.74) is 2.83. The van der Waals surface area contributed by atoms with Crippen LogP contribution in [0.25, 0.3) is 0 Å². The Kier molecular flexibility index (Phi) is 2.49. The van der Waals surface area contributed by atoms with Crippen molar-refractivity contribution in [3.63, 3.8) is 0 Å². The number of allylic oxidation sites excluding steroid dienone is 6. The van der Waals surface area contributed by atoms with E-state index in [0.717, 1.165) is 12.8 Å². The molecule has 0 saturated carbocycles. The highest BCUT2D eigenvalue weighted by molar-refractivity contribution is 5.30. The van der Waals surface area contributed by atoms with Crippen LogP contribution in [0, 0.1) is 0 Å². The van der Waals surface area contributed by atoms with Crippen LogP contribution < -0.4 is 0 Å². The third-order valence-electron chi connectivity index (χ3n) is 1.79. The molecule has 0 aliphatic heterocycles. The van der Waals surface area contributed by atoms with Crippen molar-refractivity contribution in [2.45, 2.75) is 26.7 Å². The summed E-state index contributed by atoms with van der Waals surface area (Å²) in [6.45, 7) is 4.33. The van der Waals surface area contributed by atoms with Crippen LogP contribution in [0.3, 0.4) is 0 Å². The van der Waals surface area contributed by atoms with Crippen molar-refractivity contribution in [2.24, 2.45) is 0 Å². The van der Waals surface area contributed by atoms with Gasteiger partial charge in [0.25, 0.3) is 0 Å². The van der Waals surface area contributed by atoms with E-state index in [1.807, 2.05) is 0 Å². The maximum absolute atomic E-state index is 2.28. The van der Waals surface area contributed by atoms with Gasteiger partial charge in [-0.15, -0.1) is 0 Å². The Hall–Kier alpha value is -0.780. The highest BCUT2D eigenvalue weighted by atomic mass is 14.0. The first-order valence-electron chi connectivity index (χ1n) is 3.87. The van der Waals surface area contributed by atoms with Crippen LogP contribution >= 0.6 is 0 Å². The molecule has 0 atom stereocenters. The third kappa shape index (κ3) is 1.87. The molecule has 0 unspecified atom stereocenters.